The number of hydrogen-bond acceptors (Lipinski definition) is 3. The predicted octanol–water partition coefficient (Wildman–Crippen LogP) is 5.83. The van der Waals surface area contributed by atoms with Gasteiger partial charge in [-0.1, -0.05) is 74.5 Å². The Bertz CT molecular complexity index is 1050. The number of carbonyl (C=O) groups is 2. The number of anilines is 1. The summed E-state index contributed by atoms with van der Waals surface area (Å²) in [6.07, 6.45) is 1.11. The van der Waals surface area contributed by atoms with Gasteiger partial charge < -0.3 is 15.7 Å². The van der Waals surface area contributed by atoms with Crippen molar-refractivity contribution in [1.29, 1.82) is 0 Å². The summed E-state index contributed by atoms with van der Waals surface area (Å²) >= 11 is 0. The van der Waals surface area contributed by atoms with Crippen molar-refractivity contribution in [3.8, 4) is 0 Å². The SMILES string of the molecule is CC(C)CC(NC(=O)c1cc(CNc2ccccc2)ccc1CCC(=O)O)c1ccccc1. The maximum Gasteiger partial charge on any atom is 0.303 e. The van der Waals surface area contributed by atoms with Gasteiger partial charge in [0, 0.05) is 24.2 Å². The van der Waals surface area contributed by atoms with Gasteiger partial charge in [0.25, 0.3) is 5.91 Å². The van der Waals surface area contributed by atoms with Crippen molar-refractivity contribution in [2.24, 2.45) is 5.92 Å². The molecule has 0 spiro atoms. The molecule has 0 bridgehead atoms. The van der Waals surface area contributed by atoms with Crippen molar-refractivity contribution in [3.63, 3.8) is 0 Å². The zero-order chi connectivity index (χ0) is 23.6. The maximum absolute atomic E-state index is 13.4. The monoisotopic (exact) mass is 444 g/mol. The molecule has 3 aromatic rings. The van der Waals surface area contributed by atoms with E-state index in [9.17, 15) is 9.59 Å². The van der Waals surface area contributed by atoms with Gasteiger partial charge in [-0.3, -0.25) is 9.59 Å². The van der Waals surface area contributed by atoms with Crippen molar-refractivity contribution in [1.82, 2.24) is 5.32 Å². The van der Waals surface area contributed by atoms with E-state index in [1.807, 2.05) is 78.9 Å². The van der Waals surface area contributed by atoms with Gasteiger partial charge in [-0.15, -0.1) is 0 Å². The highest BCUT2D eigenvalue weighted by molar-refractivity contribution is 5.96. The van der Waals surface area contributed by atoms with E-state index in [2.05, 4.69) is 24.5 Å². The van der Waals surface area contributed by atoms with E-state index < -0.39 is 5.97 Å². The number of hydrogen-bond donors (Lipinski definition) is 3. The first-order valence-electron chi connectivity index (χ1n) is 11.4. The molecular formula is C28H32N2O3. The second kappa shape index (κ2) is 11.9. The summed E-state index contributed by atoms with van der Waals surface area (Å²) in [5, 5.41) is 15.7. The number of nitrogens with one attached hydrogen (secondary N) is 2. The third-order valence-electron chi connectivity index (χ3n) is 5.51. The topological polar surface area (TPSA) is 78.4 Å². The van der Waals surface area contributed by atoms with E-state index in [0.717, 1.165) is 28.8 Å². The average Bonchev–Trinajstić information content (AvgIpc) is 2.82. The smallest absolute Gasteiger partial charge is 0.303 e. The van der Waals surface area contributed by atoms with Crippen LogP contribution in [0.25, 0.3) is 0 Å². The molecule has 5 heteroatoms. The molecule has 1 amide bonds. The summed E-state index contributed by atoms with van der Waals surface area (Å²) in [6, 6.07) is 25.4. The standard InChI is InChI=1S/C28H32N2O3/c1-20(2)17-26(23-9-5-3-6-10-23)30-28(33)25-18-21(13-14-22(25)15-16-27(31)32)19-29-24-11-7-4-8-12-24/h3-14,18,20,26,29H,15-17,19H2,1-2H3,(H,30,33)(H,31,32). The second-order valence-corrected chi connectivity index (χ2v) is 8.67. The Balaban J connectivity index is 1.84. The molecule has 0 radical (unpaired) electrons. The van der Waals surface area contributed by atoms with Gasteiger partial charge in [0.05, 0.1) is 6.04 Å². The summed E-state index contributed by atoms with van der Waals surface area (Å²) in [5.41, 5.74) is 4.30. The molecule has 0 aromatic heterocycles. The van der Waals surface area contributed by atoms with E-state index in [4.69, 9.17) is 5.11 Å². The van der Waals surface area contributed by atoms with Gasteiger partial charge in [0.2, 0.25) is 0 Å². The number of para-hydroxylation sites is 1. The zero-order valence-corrected chi connectivity index (χ0v) is 19.3. The van der Waals surface area contributed by atoms with Crippen LogP contribution in [0.5, 0.6) is 0 Å². The van der Waals surface area contributed by atoms with Crippen LogP contribution in [0.2, 0.25) is 0 Å². The minimum atomic E-state index is -0.877. The van der Waals surface area contributed by atoms with Gasteiger partial charge in [0.1, 0.15) is 0 Å². The Hall–Kier alpha value is -3.60. The van der Waals surface area contributed by atoms with Crippen LogP contribution in [0.3, 0.4) is 0 Å². The first-order chi connectivity index (χ1) is 15.9. The van der Waals surface area contributed by atoms with Crippen molar-refractivity contribution in [2.75, 3.05) is 5.32 Å². The summed E-state index contributed by atoms with van der Waals surface area (Å²) in [5.74, 6) is -0.645. The summed E-state index contributed by atoms with van der Waals surface area (Å²) < 4.78 is 0. The highest BCUT2D eigenvalue weighted by Gasteiger charge is 2.20. The highest BCUT2D eigenvalue weighted by atomic mass is 16.4. The highest BCUT2D eigenvalue weighted by Crippen LogP contribution is 2.23. The molecule has 0 aliphatic carbocycles. The van der Waals surface area contributed by atoms with Crippen LogP contribution in [0.1, 0.15) is 59.8 Å². The van der Waals surface area contributed by atoms with Crippen LogP contribution in [0.15, 0.2) is 78.9 Å². The van der Waals surface area contributed by atoms with Crippen LogP contribution in [-0.2, 0) is 17.8 Å². The molecule has 0 aliphatic rings. The molecule has 0 fully saturated rings. The fourth-order valence-corrected chi connectivity index (χ4v) is 3.84. The largest absolute Gasteiger partial charge is 0.481 e. The Labute approximate surface area is 195 Å². The minimum Gasteiger partial charge on any atom is -0.481 e. The number of rotatable bonds is 11. The predicted molar refractivity (Wildman–Crippen MR) is 132 cm³/mol. The molecule has 3 rings (SSSR count). The lowest BCUT2D eigenvalue weighted by atomic mass is 9.95. The normalized spacial score (nSPS) is 11.7. The van der Waals surface area contributed by atoms with Crippen molar-refractivity contribution < 1.29 is 14.7 Å². The lowest BCUT2D eigenvalue weighted by Crippen LogP contribution is -2.30. The fraction of sp³-hybridized carbons (Fsp3) is 0.286. The van der Waals surface area contributed by atoms with Crippen LogP contribution in [0.4, 0.5) is 5.69 Å². The lowest BCUT2D eigenvalue weighted by Gasteiger charge is -2.22. The van der Waals surface area contributed by atoms with Crippen molar-refractivity contribution in [2.45, 2.75) is 45.7 Å². The maximum atomic E-state index is 13.4. The van der Waals surface area contributed by atoms with Gasteiger partial charge >= 0.3 is 5.97 Å². The number of carboxylic acid groups (broad SMARTS) is 1. The summed E-state index contributed by atoms with van der Waals surface area (Å²) in [6.45, 7) is 4.84. The van der Waals surface area contributed by atoms with E-state index in [-0.39, 0.29) is 18.4 Å². The van der Waals surface area contributed by atoms with Crippen LogP contribution >= 0.6 is 0 Å². The molecule has 3 N–H and O–H groups in total. The van der Waals surface area contributed by atoms with Gasteiger partial charge in [-0.2, -0.15) is 0 Å². The fourth-order valence-electron chi connectivity index (χ4n) is 3.84. The number of amides is 1. The van der Waals surface area contributed by atoms with Crippen LogP contribution < -0.4 is 10.6 Å². The summed E-state index contributed by atoms with van der Waals surface area (Å²) in [4.78, 5) is 24.6. The minimum absolute atomic E-state index is 0.0179. The van der Waals surface area contributed by atoms with Crippen LogP contribution in [0, 0.1) is 5.92 Å². The van der Waals surface area contributed by atoms with Gasteiger partial charge in [0.15, 0.2) is 0 Å². The molecular weight excluding hydrogens is 412 g/mol. The quantitative estimate of drug-likeness (QED) is 0.347. The third-order valence-corrected chi connectivity index (χ3v) is 5.51. The van der Waals surface area contributed by atoms with E-state index in [1.165, 1.54) is 0 Å². The molecule has 1 atom stereocenters. The zero-order valence-electron chi connectivity index (χ0n) is 19.3. The Kier molecular flexibility index (Phi) is 8.64. The van der Waals surface area contributed by atoms with Crippen LogP contribution in [-0.4, -0.2) is 17.0 Å². The number of benzene rings is 3. The first kappa shape index (κ1) is 24.1. The number of aryl methyl sites for hydroxylation is 1. The molecule has 0 saturated carbocycles. The lowest BCUT2D eigenvalue weighted by molar-refractivity contribution is -0.136. The van der Waals surface area contributed by atoms with Gasteiger partial charge in [-0.25, -0.2) is 0 Å². The second-order valence-electron chi connectivity index (χ2n) is 8.67. The molecule has 0 saturated heterocycles. The molecule has 33 heavy (non-hydrogen) atoms. The van der Waals surface area contributed by atoms with E-state index >= 15 is 0 Å². The molecule has 1 unspecified atom stereocenters. The number of carboxylic acids is 1. The number of carbonyl (C=O) groups excluding carboxylic acids is 1. The summed E-state index contributed by atoms with van der Waals surface area (Å²) in [7, 11) is 0. The number of aliphatic carboxylic acids is 1. The molecule has 172 valence electrons. The molecule has 0 heterocycles. The Morgan fingerprint density at radius 3 is 2.21 bits per heavy atom. The Morgan fingerprint density at radius 1 is 0.909 bits per heavy atom. The molecule has 5 nitrogen and oxygen atoms in total. The molecule has 0 aliphatic heterocycles. The Morgan fingerprint density at radius 2 is 1.58 bits per heavy atom. The third kappa shape index (κ3) is 7.49. The van der Waals surface area contributed by atoms with Crippen molar-refractivity contribution in [3.05, 3.63) is 101 Å². The van der Waals surface area contributed by atoms with E-state index in [1.54, 1.807) is 0 Å². The van der Waals surface area contributed by atoms with Gasteiger partial charge in [-0.05, 0) is 53.6 Å². The first-order valence-corrected chi connectivity index (χ1v) is 11.4. The van der Waals surface area contributed by atoms with Crippen molar-refractivity contribution >= 4 is 17.6 Å². The average molecular weight is 445 g/mol. The van der Waals surface area contributed by atoms with E-state index in [0.29, 0.717) is 24.4 Å². The molecule has 3 aromatic carbocycles.